The third-order valence-corrected chi connectivity index (χ3v) is 4.66. The lowest BCUT2D eigenvalue weighted by atomic mass is 9.88. The summed E-state index contributed by atoms with van der Waals surface area (Å²) in [7, 11) is 0. The molecule has 2 heterocycles. The zero-order chi connectivity index (χ0) is 16.1. The second-order valence-electron chi connectivity index (χ2n) is 6.53. The Labute approximate surface area is 137 Å². The van der Waals surface area contributed by atoms with E-state index in [0.717, 1.165) is 42.5 Å². The molecule has 1 fully saturated rings. The molecule has 3 rings (SSSR count). The molecule has 5 heteroatoms. The van der Waals surface area contributed by atoms with Gasteiger partial charge in [0.2, 0.25) is 0 Å². The van der Waals surface area contributed by atoms with Crippen LogP contribution in [0.5, 0.6) is 0 Å². The molecular formula is C18H27N3O2. The van der Waals surface area contributed by atoms with Gasteiger partial charge < -0.3 is 14.5 Å². The molecule has 2 aromatic rings. The smallest absolute Gasteiger partial charge is 0.152 e. The maximum absolute atomic E-state index is 6.03. The van der Waals surface area contributed by atoms with Crippen LogP contribution in [-0.4, -0.2) is 29.5 Å². The van der Waals surface area contributed by atoms with E-state index in [-0.39, 0.29) is 0 Å². The number of furan rings is 1. The number of ether oxygens (including phenoxy) is 1. The van der Waals surface area contributed by atoms with Crippen molar-refractivity contribution in [3.63, 3.8) is 0 Å². The fourth-order valence-electron chi connectivity index (χ4n) is 3.26. The van der Waals surface area contributed by atoms with Crippen LogP contribution in [0.3, 0.4) is 0 Å². The summed E-state index contributed by atoms with van der Waals surface area (Å²) in [5, 5.41) is 10.6. The van der Waals surface area contributed by atoms with Crippen LogP contribution < -0.4 is 5.32 Å². The maximum atomic E-state index is 6.03. The molecule has 2 unspecified atom stereocenters. The highest BCUT2D eigenvalue weighted by Crippen LogP contribution is 2.26. The Balaban J connectivity index is 1.42. The van der Waals surface area contributed by atoms with Crippen molar-refractivity contribution in [2.75, 3.05) is 13.2 Å². The van der Waals surface area contributed by atoms with Crippen molar-refractivity contribution in [2.24, 2.45) is 5.92 Å². The van der Waals surface area contributed by atoms with Crippen LogP contribution in [0.2, 0.25) is 0 Å². The summed E-state index contributed by atoms with van der Waals surface area (Å²) in [6, 6.07) is 3.94. The molecule has 0 spiro atoms. The summed E-state index contributed by atoms with van der Waals surface area (Å²) in [5.74, 6) is 2.44. The summed E-state index contributed by atoms with van der Waals surface area (Å²) >= 11 is 0. The molecule has 2 atom stereocenters. The minimum absolute atomic E-state index is 0.445. The number of hydrogen-bond acceptors (Lipinski definition) is 4. The van der Waals surface area contributed by atoms with Gasteiger partial charge in [0, 0.05) is 18.7 Å². The number of aromatic amines is 1. The van der Waals surface area contributed by atoms with Crippen molar-refractivity contribution in [1.29, 1.82) is 0 Å². The Morgan fingerprint density at radius 2 is 2.22 bits per heavy atom. The monoisotopic (exact) mass is 317 g/mol. The first-order valence-electron chi connectivity index (χ1n) is 8.65. The van der Waals surface area contributed by atoms with Crippen molar-refractivity contribution in [2.45, 2.75) is 52.2 Å². The van der Waals surface area contributed by atoms with Crippen molar-refractivity contribution in [3.8, 4) is 11.5 Å². The van der Waals surface area contributed by atoms with E-state index in [1.165, 1.54) is 25.7 Å². The quantitative estimate of drug-likeness (QED) is 0.765. The molecule has 5 nitrogen and oxygen atoms in total. The summed E-state index contributed by atoms with van der Waals surface area (Å²) in [6.45, 7) is 6.63. The third kappa shape index (κ3) is 4.24. The van der Waals surface area contributed by atoms with E-state index in [1.54, 1.807) is 0 Å². The van der Waals surface area contributed by atoms with E-state index >= 15 is 0 Å². The lowest BCUT2D eigenvalue weighted by Crippen LogP contribution is -2.29. The highest BCUT2D eigenvalue weighted by molar-refractivity contribution is 5.56. The Kier molecular flexibility index (Phi) is 5.51. The normalized spacial score (nSPS) is 21.7. The second-order valence-corrected chi connectivity index (χ2v) is 6.53. The topological polar surface area (TPSA) is 63.1 Å². The molecule has 2 aromatic heterocycles. The molecule has 0 amide bonds. The van der Waals surface area contributed by atoms with Gasteiger partial charge in [0.25, 0.3) is 0 Å². The van der Waals surface area contributed by atoms with E-state index < -0.39 is 0 Å². The summed E-state index contributed by atoms with van der Waals surface area (Å²) in [6.07, 6.45) is 7.48. The molecule has 2 N–H and O–H groups in total. The van der Waals surface area contributed by atoms with Crippen LogP contribution in [0.1, 0.15) is 43.9 Å². The van der Waals surface area contributed by atoms with Gasteiger partial charge in [0.05, 0.1) is 18.9 Å². The van der Waals surface area contributed by atoms with Crippen LogP contribution in [0.15, 0.2) is 22.7 Å². The standard InChI is InChI=1S/C18H27N3O2/c1-13-5-3-4-6-16(13)22-10-9-19-11-15-12-20-21-18(15)17-8-7-14(2)23-17/h7-8,12-13,16,19H,3-6,9-11H2,1-2H3,(H,20,21). The van der Waals surface area contributed by atoms with Gasteiger partial charge in [-0.3, -0.25) is 5.10 Å². The molecule has 0 saturated heterocycles. The van der Waals surface area contributed by atoms with Gasteiger partial charge in [0.1, 0.15) is 11.5 Å². The Morgan fingerprint density at radius 1 is 1.35 bits per heavy atom. The zero-order valence-corrected chi connectivity index (χ0v) is 14.1. The lowest BCUT2D eigenvalue weighted by molar-refractivity contribution is -0.00322. The van der Waals surface area contributed by atoms with E-state index in [2.05, 4.69) is 22.4 Å². The van der Waals surface area contributed by atoms with Crippen LogP contribution in [0.4, 0.5) is 0 Å². The van der Waals surface area contributed by atoms with E-state index in [9.17, 15) is 0 Å². The lowest BCUT2D eigenvalue weighted by Gasteiger charge is -2.28. The molecule has 0 aliphatic heterocycles. The Bertz CT molecular complexity index is 605. The predicted octanol–water partition coefficient (Wildman–Crippen LogP) is 3.66. The first-order valence-corrected chi connectivity index (χ1v) is 8.65. The molecule has 0 radical (unpaired) electrons. The fraction of sp³-hybridized carbons (Fsp3) is 0.611. The summed E-state index contributed by atoms with van der Waals surface area (Å²) in [4.78, 5) is 0. The van der Waals surface area contributed by atoms with Gasteiger partial charge in [-0.1, -0.05) is 19.8 Å². The highest BCUT2D eigenvalue weighted by Gasteiger charge is 2.21. The number of H-pyrrole nitrogens is 1. The molecular weight excluding hydrogens is 290 g/mol. The number of aryl methyl sites for hydroxylation is 1. The predicted molar refractivity (Wildman–Crippen MR) is 90.1 cm³/mol. The van der Waals surface area contributed by atoms with Crippen molar-refractivity contribution >= 4 is 0 Å². The van der Waals surface area contributed by atoms with Crippen molar-refractivity contribution in [3.05, 3.63) is 29.7 Å². The van der Waals surface area contributed by atoms with Crippen LogP contribution in [-0.2, 0) is 11.3 Å². The number of aromatic nitrogens is 2. The largest absolute Gasteiger partial charge is 0.460 e. The van der Waals surface area contributed by atoms with E-state index in [4.69, 9.17) is 9.15 Å². The van der Waals surface area contributed by atoms with E-state index in [0.29, 0.717) is 12.0 Å². The average molecular weight is 317 g/mol. The van der Waals surface area contributed by atoms with Crippen molar-refractivity contribution < 1.29 is 9.15 Å². The number of nitrogens with one attached hydrogen (secondary N) is 2. The first-order chi connectivity index (χ1) is 11.2. The summed E-state index contributed by atoms with van der Waals surface area (Å²) in [5.41, 5.74) is 2.07. The molecule has 23 heavy (non-hydrogen) atoms. The Hall–Kier alpha value is -1.59. The first kappa shape index (κ1) is 16.3. The Morgan fingerprint density at radius 3 is 3.00 bits per heavy atom. The minimum Gasteiger partial charge on any atom is -0.460 e. The van der Waals surface area contributed by atoms with Gasteiger partial charge in [-0.2, -0.15) is 5.10 Å². The van der Waals surface area contributed by atoms with Crippen LogP contribution in [0.25, 0.3) is 11.5 Å². The molecule has 0 bridgehead atoms. The van der Waals surface area contributed by atoms with Crippen LogP contribution >= 0.6 is 0 Å². The van der Waals surface area contributed by atoms with E-state index in [1.807, 2.05) is 25.3 Å². The highest BCUT2D eigenvalue weighted by atomic mass is 16.5. The fourth-order valence-corrected chi connectivity index (χ4v) is 3.26. The molecule has 1 saturated carbocycles. The molecule has 0 aromatic carbocycles. The van der Waals surface area contributed by atoms with Gasteiger partial charge >= 0.3 is 0 Å². The zero-order valence-electron chi connectivity index (χ0n) is 14.1. The maximum Gasteiger partial charge on any atom is 0.152 e. The molecule has 1 aliphatic rings. The number of rotatable bonds is 7. The van der Waals surface area contributed by atoms with Gasteiger partial charge in [0.15, 0.2) is 5.76 Å². The SMILES string of the molecule is Cc1ccc(-c2[nH]ncc2CNCCOC2CCCCC2C)o1. The average Bonchev–Trinajstić information content (AvgIpc) is 3.17. The van der Waals surface area contributed by atoms with Gasteiger partial charge in [-0.05, 0) is 37.8 Å². The minimum atomic E-state index is 0.445. The third-order valence-electron chi connectivity index (χ3n) is 4.66. The summed E-state index contributed by atoms with van der Waals surface area (Å²) < 4.78 is 11.7. The number of nitrogens with zero attached hydrogens (tertiary/aromatic N) is 1. The number of hydrogen-bond donors (Lipinski definition) is 2. The van der Waals surface area contributed by atoms with Gasteiger partial charge in [-0.25, -0.2) is 0 Å². The second kappa shape index (κ2) is 7.79. The molecule has 1 aliphatic carbocycles. The van der Waals surface area contributed by atoms with Crippen molar-refractivity contribution in [1.82, 2.24) is 15.5 Å². The van der Waals surface area contributed by atoms with Gasteiger partial charge in [-0.15, -0.1) is 0 Å². The van der Waals surface area contributed by atoms with Crippen LogP contribution in [0, 0.1) is 12.8 Å². The molecule has 126 valence electrons.